The highest BCUT2D eigenvalue weighted by atomic mass is 16.5. The molecule has 3 heteroatoms. The van der Waals surface area contributed by atoms with Crippen molar-refractivity contribution in [3.05, 3.63) is 34.9 Å². The van der Waals surface area contributed by atoms with E-state index in [1.807, 2.05) is 13.0 Å². The van der Waals surface area contributed by atoms with E-state index in [2.05, 4.69) is 4.74 Å². The summed E-state index contributed by atoms with van der Waals surface area (Å²) in [5, 5.41) is 0. The smallest absolute Gasteiger partial charge is 0.337 e. The Kier molecular flexibility index (Phi) is 4.03. The number of carbonyl (C=O) groups excluding carboxylic acids is 2. The van der Waals surface area contributed by atoms with Crippen molar-refractivity contribution in [1.82, 2.24) is 0 Å². The van der Waals surface area contributed by atoms with Crippen molar-refractivity contribution < 1.29 is 14.3 Å². The van der Waals surface area contributed by atoms with Gasteiger partial charge in [-0.15, -0.1) is 0 Å². The van der Waals surface area contributed by atoms with Gasteiger partial charge in [0.05, 0.1) is 12.7 Å². The standard InChI is InChI=1S/C12H14O3/c1-9-8-11(12(14)15-2)6-5-10(9)4-3-7-13/h5-8H,3-4H2,1-2H3. The first kappa shape index (κ1) is 11.4. The maximum atomic E-state index is 11.2. The molecule has 3 nitrogen and oxygen atoms in total. The zero-order valence-electron chi connectivity index (χ0n) is 8.95. The first-order valence-corrected chi connectivity index (χ1v) is 4.80. The molecule has 0 spiro atoms. The Hall–Kier alpha value is -1.64. The summed E-state index contributed by atoms with van der Waals surface area (Å²) in [6.07, 6.45) is 2.13. The van der Waals surface area contributed by atoms with E-state index < -0.39 is 0 Å². The van der Waals surface area contributed by atoms with Gasteiger partial charge < -0.3 is 9.53 Å². The minimum atomic E-state index is -0.333. The van der Waals surface area contributed by atoms with Crippen LogP contribution in [-0.4, -0.2) is 19.4 Å². The van der Waals surface area contributed by atoms with E-state index in [-0.39, 0.29) is 5.97 Å². The third-order valence-corrected chi connectivity index (χ3v) is 2.30. The lowest BCUT2D eigenvalue weighted by Crippen LogP contribution is -2.02. The highest BCUT2D eigenvalue weighted by Crippen LogP contribution is 2.13. The molecule has 0 fully saturated rings. The quantitative estimate of drug-likeness (QED) is 0.558. The summed E-state index contributed by atoms with van der Waals surface area (Å²) in [5.74, 6) is -0.333. The van der Waals surface area contributed by atoms with E-state index in [1.165, 1.54) is 7.11 Å². The van der Waals surface area contributed by atoms with Crippen molar-refractivity contribution in [1.29, 1.82) is 0 Å². The van der Waals surface area contributed by atoms with Crippen molar-refractivity contribution in [2.45, 2.75) is 19.8 Å². The third kappa shape index (κ3) is 2.91. The van der Waals surface area contributed by atoms with E-state index in [0.29, 0.717) is 12.0 Å². The largest absolute Gasteiger partial charge is 0.465 e. The molecular formula is C12H14O3. The third-order valence-electron chi connectivity index (χ3n) is 2.30. The molecule has 15 heavy (non-hydrogen) atoms. The second-order valence-corrected chi connectivity index (χ2v) is 3.34. The topological polar surface area (TPSA) is 43.4 Å². The van der Waals surface area contributed by atoms with Crippen LogP contribution in [0.5, 0.6) is 0 Å². The molecule has 0 saturated heterocycles. The van der Waals surface area contributed by atoms with Crippen molar-refractivity contribution in [3.8, 4) is 0 Å². The number of aldehydes is 1. The Morgan fingerprint density at radius 1 is 1.47 bits per heavy atom. The predicted molar refractivity (Wildman–Crippen MR) is 56.9 cm³/mol. The van der Waals surface area contributed by atoms with Crippen molar-refractivity contribution in [3.63, 3.8) is 0 Å². The molecule has 80 valence electrons. The number of aryl methyl sites for hydroxylation is 2. The van der Waals surface area contributed by atoms with Crippen LogP contribution < -0.4 is 0 Å². The lowest BCUT2D eigenvalue weighted by atomic mass is 10.0. The molecule has 0 unspecified atom stereocenters. The summed E-state index contributed by atoms with van der Waals surface area (Å²) in [7, 11) is 1.36. The van der Waals surface area contributed by atoms with Crippen LogP contribution in [0.4, 0.5) is 0 Å². The van der Waals surface area contributed by atoms with Crippen molar-refractivity contribution in [2.24, 2.45) is 0 Å². The molecule has 0 bridgehead atoms. The van der Waals surface area contributed by atoms with Gasteiger partial charge in [-0.2, -0.15) is 0 Å². The number of hydrogen-bond donors (Lipinski definition) is 0. The van der Waals surface area contributed by atoms with Gasteiger partial charge in [0.2, 0.25) is 0 Å². The Bertz CT molecular complexity index is 369. The number of methoxy groups -OCH3 is 1. The lowest BCUT2D eigenvalue weighted by molar-refractivity contribution is -0.107. The van der Waals surface area contributed by atoms with Gasteiger partial charge in [0, 0.05) is 6.42 Å². The Morgan fingerprint density at radius 2 is 2.20 bits per heavy atom. The molecule has 1 aromatic rings. The average molecular weight is 206 g/mol. The molecule has 1 rings (SSSR count). The van der Waals surface area contributed by atoms with Gasteiger partial charge in [-0.1, -0.05) is 6.07 Å². The van der Waals surface area contributed by atoms with E-state index in [1.54, 1.807) is 12.1 Å². The maximum absolute atomic E-state index is 11.2. The molecule has 1 aromatic carbocycles. The SMILES string of the molecule is COC(=O)c1ccc(CCC=O)c(C)c1. The van der Waals surface area contributed by atoms with Crippen LogP contribution in [0.3, 0.4) is 0 Å². The highest BCUT2D eigenvalue weighted by Gasteiger charge is 2.06. The number of rotatable bonds is 4. The molecule has 0 aliphatic rings. The van der Waals surface area contributed by atoms with E-state index in [9.17, 15) is 9.59 Å². The van der Waals surface area contributed by atoms with Crippen LogP contribution in [0, 0.1) is 6.92 Å². The first-order chi connectivity index (χ1) is 7.19. The molecule has 0 radical (unpaired) electrons. The summed E-state index contributed by atoms with van der Waals surface area (Å²) in [6.45, 7) is 1.92. The monoisotopic (exact) mass is 206 g/mol. The van der Waals surface area contributed by atoms with Crippen molar-refractivity contribution in [2.75, 3.05) is 7.11 Å². The molecule has 0 aliphatic heterocycles. The summed E-state index contributed by atoms with van der Waals surface area (Å²) in [4.78, 5) is 21.4. The van der Waals surface area contributed by atoms with Crippen LogP contribution in [0.25, 0.3) is 0 Å². The van der Waals surface area contributed by atoms with Gasteiger partial charge in [-0.25, -0.2) is 4.79 Å². The Morgan fingerprint density at radius 3 is 2.73 bits per heavy atom. The number of carbonyl (C=O) groups is 2. The molecule has 0 saturated carbocycles. The summed E-state index contributed by atoms with van der Waals surface area (Å²) in [5.41, 5.74) is 2.65. The molecule has 0 heterocycles. The number of hydrogen-bond acceptors (Lipinski definition) is 3. The first-order valence-electron chi connectivity index (χ1n) is 4.80. The van der Waals surface area contributed by atoms with E-state index in [0.717, 1.165) is 23.8 Å². The van der Waals surface area contributed by atoms with Gasteiger partial charge in [0.15, 0.2) is 0 Å². The number of esters is 1. The van der Waals surface area contributed by atoms with Crippen molar-refractivity contribution >= 4 is 12.3 Å². The van der Waals surface area contributed by atoms with Gasteiger partial charge in [-0.05, 0) is 36.6 Å². The Balaban J connectivity index is 2.87. The number of ether oxygens (including phenoxy) is 1. The highest BCUT2D eigenvalue weighted by molar-refractivity contribution is 5.89. The normalized spacial score (nSPS) is 9.73. The summed E-state index contributed by atoms with van der Waals surface area (Å²) in [6, 6.07) is 5.37. The zero-order chi connectivity index (χ0) is 11.3. The molecule has 0 aliphatic carbocycles. The minimum Gasteiger partial charge on any atom is -0.465 e. The lowest BCUT2D eigenvalue weighted by Gasteiger charge is -2.05. The fourth-order valence-corrected chi connectivity index (χ4v) is 1.44. The number of benzene rings is 1. The Labute approximate surface area is 89.1 Å². The zero-order valence-corrected chi connectivity index (χ0v) is 8.95. The van der Waals surface area contributed by atoms with Crippen LogP contribution in [0.2, 0.25) is 0 Å². The van der Waals surface area contributed by atoms with Crippen LogP contribution in [0.15, 0.2) is 18.2 Å². The molecule has 0 atom stereocenters. The minimum absolute atomic E-state index is 0.333. The summed E-state index contributed by atoms with van der Waals surface area (Å²) >= 11 is 0. The molecule has 0 amide bonds. The fraction of sp³-hybridized carbons (Fsp3) is 0.333. The average Bonchev–Trinajstić information content (AvgIpc) is 2.26. The van der Waals surface area contributed by atoms with E-state index >= 15 is 0 Å². The second-order valence-electron chi connectivity index (χ2n) is 3.34. The van der Waals surface area contributed by atoms with Gasteiger partial charge in [0.25, 0.3) is 0 Å². The fourth-order valence-electron chi connectivity index (χ4n) is 1.44. The van der Waals surface area contributed by atoms with Crippen LogP contribution in [0.1, 0.15) is 27.9 Å². The van der Waals surface area contributed by atoms with Crippen LogP contribution >= 0.6 is 0 Å². The van der Waals surface area contributed by atoms with E-state index in [4.69, 9.17) is 0 Å². The molecular weight excluding hydrogens is 192 g/mol. The molecule has 0 N–H and O–H groups in total. The van der Waals surface area contributed by atoms with Gasteiger partial charge in [-0.3, -0.25) is 0 Å². The molecule has 0 aromatic heterocycles. The second kappa shape index (κ2) is 5.29. The van der Waals surface area contributed by atoms with Crippen LogP contribution in [-0.2, 0) is 16.0 Å². The maximum Gasteiger partial charge on any atom is 0.337 e. The van der Waals surface area contributed by atoms with Gasteiger partial charge in [0.1, 0.15) is 6.29 Å². The summed E-state index contributed by atoms with van der Waals surface area (Å²) < 4.78 is 4.62. The van der Waals surface area contributed by atoms with Gasteiger partial charge >= 0.3 is 5.97 Å². The predicted octanol–water partition coefficient (Wildman–Crippen LogP) is 1.91.